The molecule has 1 heterocycles. The summed E-state index contributed by atoms with van der Waals surface area (Å²) in [6.45, 7) is 0.244. The summed E-state index contributed by atoms with van der Waals surface area (Å²) in [6.07, 6.45) is 6.66. The molecule has 102 valence electrons. The Balaban J connectivity index is 1.74. The van der Waals surface area contributed by atoms with Crippen molar-refractivity contribution in [3.05, 3.63) is 30.1 Å². The minimum absolute atomic E-state index is 0.101. The zero-order valence-electron chi connectivity index (χ0n) is 10.8. The minimum atomic E-state index is -0.800. The van der Waals surface area contributed by atoms with Gasteiger partial charge in [-0.05, 0) is 30.9 Å². The lowest BCUT2D eigenvalue weighted by Crippen LogP contribution is -2.47. The lowest BCUT2D eigenvalue weighted by Gasteiger charge is -2.37. The van der Waals surface area contributed by atoms with Crippen molar-refractivity contribution >= 4 is 11.9 Å². The van der Waals surface area contributed by atoms with Crippen LogP contribution in [-0.4, -0.2) is 28.5 Å². The minimum Gasteiger partial charge on any atom is -0.481 e. The van der Waals surface area contributed by atoms with E-state index in [1.54, 1.807) is 12.4 Å². The normalized spacial score (nSPS) is 16.4. The van der Waals surface area contributed by atoms with Crippen LogP contribution in [0.5, 0.6) is 0 Å². The van der Waals surface area contributed by atoms with E-state index in [0.717, 1.165) is 12.0 Å². The molecule has 5 nitrogen and oxygen atoms in total. The number of carboxylic acid groups (broad SMARTS) is 1. The second kappa shape index (κ2) is 5.82. The van der Waals surface area contributed by atoms with Crippen LogP contribution >= 0.6 is 0 Å². The number of aromatic nitrogens is 1. The Kier molecular flexibility index (Phi) is 4.14. The summed E-state index contributed by atoms with van der Waals surface area (Å²) >= 11 is 0. The van der Waals surface area contributed by atoms with Crippen molar-refractivity contribution in [2.45, 2.75) is 32.1 Å². The van der Waals surface area contributed by atoms with Gasteiger partial charge in [0.2, 0.25) is 5.91 Å². The molecule has 1 amide bonds. The average Bonchev–Trinajstić information content (AvgIpc) is 2.36. The molecule has 2 N–H and O–H groups in total. The van der Waals surface area contributed by atoms with Crippen LogP contribution in [0.15, 0.2) is 24.5 Å². The summed E-state index contributed by atoms with van der Waals surface area (Å²) in [4.78, 5) is 26.8. The first-order chi connectivity index (χ1) is 9.12. The van der Waals surface area contributed by atoms with Gasteiger partial charge in [0.1, 0.15) is 0 Å². The topological polar surface area (TPSA) is 79.3 Å². The maximum absolute atomic E-state index is 11.7. The number of carbonyl (C=O) groups is 2. The van der Waals surface area contributed by atoms with E-state index >= 15 is 0 Å². The molecular formula is C14H18N2O3. The molecule has 1 fully saturated rings. The third-order valence-electron chi connectivity index (χ3n) is 3.75. The van der Waals surface area contributed by atoms with Crippen LogP contribution in [0.2, 0.25) is 0 Å². The van der Waals surface area contributed by atoms with Gasteiger partial charge in [-0.25, -0.2) is 0 Å². The van der Waals surface area contributed by atoms with E-state index in [4.69, 9.17) is 5.11 Å². The molecular weight excluding hydrogens is 244 g/mol. The van der Waals surface area contributed by atoms with Crippen molar-refractivity contribution in [3.63, 3.8) is 0 Å². The molecule has 19 heavy (non-hydrogen) atoms. The van der Waals surface area contributed by atoms with Crippen LogP contribution in [0.1, 0.15) is 31.2 Å². The predicted octanol–water partition coefficient (Wildman–Crippen LogP) is 1.39. The number of hydrogen-bond acceptors (Lipinski definition) is 3. The molecule has 1 saturated carbocycles. The maximum Gasteiger partial charge on any atom is 0.311 e. The van der Waals surface area contributed by atoms with Crippen molar-refractivity contribution in [3.8, 4) is 0 Å². The highest BCUT2D eigenvalue weighted by molar-refractivity contribution is 5.79. The van der Waals surface area contributed by atoms with Gasteiger partial charge in [0.15, 0.2) is 0 Å². The number of pyridine rings is 1. The summed E-state index contributed by atoms with van der Waals surface area (Å²) in [5.74, 6) is -0.900. The molecule has 0 saturated heterocycles. The van der Waals surface area contributed by atoms with Gasteiger partial charge in [0, 0.05) is 25.4 Å². The first-order valence-corrected chi connectivity index (χ1v) is 6.51. The molecule has 1 aliphatic carbocycles. The number of carboxylic acids is 1. The zero-order valence-corrected chi connectivity index (χ0v) is 10.8. The number of carbonyl (C=O) groups excluding carboxylic acids is 1. The molecule has 0 aromatic carbocycles. The van der Waals surface area contributed by atoms with Gasteiger partial charge in [-0.2, -0.15) is 0 Å². The van der Waals surface area contributed by atoms with Gasteiger partial charge < -0.3 is 10.4 Å². The molecule has 1 aliphatic rings. The summed E-state index contributed by atoms with van der Waals surface area (Å²) in [5.41, 5.74) is 0.290. The Hall–Kier alpha value is -1.91. The molecule has 1 aromatic heterocycles. The predicted molar refractivity (Wildman–Crippen MR) is 69.5 cm³/mol. The number of nitrogens with zero attached hydrogens (tertiary/aromatic N) is 1. The van der Waals surface area contributed by atoms with Crippen LogP contribution < -0.4 is 5.32 Å². The molecule has 0 spiro atoms. The lowest BCUT2D eigenvalue weighted by atomic mass is 9.69. The second-order valence-corrected chi connectivity index (χ2v) is 5.08. The molecule has 0 unspecified atom stereocenters. The van der Waals surface area contributed by atoms with E-state index in [2.05, 4.69) is 10.3 Å². The van der Waals surface area contributed by atoms with Crippen LogP contribution in [-0.2, 0) is 16.0 Å². The standard InChI is InChI=1S/C14H18N2O3/c17-12(5-4-11-3-1-8-15-9-11)16-10-14(13(18)19)6-2-7-14/h1,3,8-9H,2,4-7,10H2,(H,16,17)(H,18,19). The molecule has 5 heteroatoms. The zero-order chi connectivity index (χ0) is 13.7. The van der Waals surface area contributed by atoms with Gasteiger partial charge in [-0.1, -0.05) is 12.5 Å². The van der Waals surface area contributed by atoms with E-state index in [1.165, 1.54) is 0 Å². The maximum atomic E-state index is 11.7. The van der Waals surface area contributed by atoms with Crippen molar-refractivity contribution in [1.82, 2.24) is 10.3 Å². The fourth-order valence-corrected chi connectivity index (χ4v) is 2.23. The van der Waals surface area contributed by atoms with E-state index < -0.39 is 11.4 Å². The first kappa shape index (κ1) is 13.5. The number of aryl methyl sites for hydroxylation is 1. The van der Waals surface area contributed by atoms with Gasteiger partial charge >= 0.3 is 5.97 Å². The largest absolute Gasteiger partial charge is 0.481 e. The van der Waals surface area contributed by atoms with Gasteiger partial charge in [-0.3, -0.25) is 14.6 Å². The summed E-state index contributed by atoms with van der Waals surface area (Å²) in [5, 5.41) is 11.9. The van der Waals surface area contributed by atoms with Gasteiger partial charge in [0.05, 0.1) is 5.41 Å². The van der Waals surface area contributed by atoms with Crippen molar-refractivity contribution in [2.75, 3.05) is 6.54 Å². The quantitative estimate of drug-likeness (QED) is 0.812. The Labute approximate surface area is 112 Å². The highest BCUT2D eigenvalue weighted by atomic mass is 16.4. The Morgan fingerprint density at radius 1 is 1.42 bits per heavy atom. The van der Waals surface area contributed by atoms with Crippen molar-refractivity contribution < 1.29 is 14.7 Å². The highest BCUT2D eigenvalue weighted by Gasteiger charge is 2.44. The molecule has 0 aliphatic heterocycles. The van der Waals surface area contributed by atoms with Crippen molar-refractivity contribution in [1.29, 1.82) is 0 Å². The number of rotatable bonds is 6. The van der Waals surface area contributed by atoms with Crippen LogP contribution in [0.4, 0.5) is 0 Å². The van der Waals surface area contributed by atoms with Crippen LogP contribution in [0, 0.1) is 5.41 Å². The molecule has 1 aromatic rings. The third-order valence-corrected chi connectivity index (χ3v) is 3.75. The molecule has 0 bridgehead atoms. The Morgan fingerprint density at radius 3 is 2.74 bits per heavy atom. The fraction of sp³-hybridized carbons (Fsp3) is 0.500. The fourth-order valence-electron chi connectivity index (χ4n) is 2.23. The number of aliphatic carboxylic acids is 1. The van der Waals surface area contributed by atoms with E-state index in [0.29, 0.717) is 25.7 Å². The number of amides is 1. The monoisotopic (exact) mass is 262 g/mol. The smallest absolute Gasteiger partial charge is 0.311 e. The third kappa shape index (κ3) is 3.30. The van der Waals surface area contributed by atoms with Crippen molar-refractivity contribution in [2.24, 2.45) is 5.41 Å². The molecule has 0 atom stereocenters. The number of hydrogen-bond donors (Lipinski definition) is 2. The molecule has 0 radical (unpaired) electrons. The lowest BCUT2D eigenvalue weighted by molar-refractivity contribution is -0.154. The number of nitrogens with one attached hydrogen (secondary N) is 1. The Bertz CT molecular complexity index is 455. The highest BCUT2D eigenvalue weighted by Crippen LogP contribution is 2.40. The van der Waals surface area contributed by atoms with Gasteiger partial charge in [0.25, 0.3) is 0 Å². The SMILES string of the molecule is O=C(CCc1cccnc1)NCC1(C(=O)O)CCC1. The second-order valence-electron chi connectivity index (χ2n) is 5.08. The summed E-state index contributed by atoms with van der Waals surface area (Å²) < 4.78 is 0. The first-order valence-electron chi connectivity index (χ1n) is 6.51. The van der Waals surface area contributed by atoms with E-state index in [1.807, 2.05) is 12.1 Å². The van der Waals surface area contributed by atoms with E-state index in [-0.39, 0.29) is 12.5 Å². The van der Waals surface area contributed by atoms with Crippen LogP contribution in [0.3, 0.4) is 0 Å². The van der Waals surface area contributed by atoms with E-state index in [9.17, 15) is 9.59 Å². The molecule has 2 rings (SSSR count). The van der Waals surface area contributed by atoms with Crippen LogP contribution in [0.25, 0.3) is 0 Å². The summed E-state index contributed by atoms with van der Waals surface area (Å²) in [6, 6.07) is 3.76. The van der Waals surface area contributed by atoms with Gasteiger partial charge in [-0.15, -0.1) is 0 Å². The summed E-state index contributed by atoms with van der Waals surface area (Å²) in [7, 11) is 0. The Morgan fingerprint density at radius 2 is 2.21 bits per heavy atom. The average molecular weight is 262 g/mol.